The van der Waals surface area contributed by atoms with Crippen molar-refractivity contribution >= 4 is 5.91 Å². The van der Waals surface area contributed by atoms with Gasteiger partial charge in [0.2, 0.25) is 5.91 Å². The van der Waals surface area contributed by atoms with E-state index in [1.54, 1.807) is 0 Å². The molecule has 2 atom stereocenters. The maximum atomic E-state index is 11.5. The normalized spacial score (nSPS) is 24.4. The van der Waals surface area contributed by atoms with Crippen molar-refractivity contribution in [1.82, 2.24) is 10.3 Å². The van der Waals surface area contributed by atoms with Crippen molar-refractivity contribution in [2.24, 2.45) is 17.2 Å². The molecular formula is C11H23N3O2. The molecule has 2 unspecified atom stereocenters. The quantitative estimate of drug-likeness (QED) is 0.351. The zero-order valence-corrected chi connectivity index (χ0v) is 10.4. The predicted molar refractivity (Wildman–Crippen MR) is 62.3 cm³/mol. The first kappa shape index (κ1) is 13.4. The molecule has 0 spiro atoms. The van der Waals surface area contributed by atoms with E-state index in [1.165, 1.54) is 0 Å². The van der Waals surface area contributed by atoms with Crippen LogP contribution >= 0.6 is 0 Å². The van der Waals surface area contributed by atoms with Gasteiger partial charge < -0.3 is 10.0 Å². The summed E-state index contributed by atoms with van der Waals surface area (Å²) in [6.07, 6.45) is 0.731. The first-order valence-electron chi connectivity index (χ1n) is 5.78. The maximum absolute atomic E-state index is 11.5. The van der Waals surface area contributed by atoms with E-state index in [9.17, 15) is 9.90 Å². The summed E-state index contributed by atoms with van der Waals surface area (Å²) in [4.78, 5) is 13.7. The van der Waals surface area contributed by atoms with E-state index in [-0.39, 0.29) is 12.0 Å². The number of hydrogen-bond acceptors (Lipinski definition) is 4. The second-order valence-electron chi connectivity index (χ2n) is 5.38. The molecule has 1 fully saturated rings. The van der Waals surface area contributed by atoms with Crippen molar-refractivity contribution in [3.63, 3.8) is 0 Å². The predicted octanol–water partition coefficient (Wildman–Crippen LogP) is -0.295. The second kappa shape index (κ2) is 5.12. The largest absolute Gasteiger partial charge is 0.393 e. The number of hydrogen-bond donors (Lipinski definition) is 3. The summed E-state index contributed by atoms with van der Waals surface area (Å²) in [7, 11) is 0. The number of amides is 1. The van der Waals surface area contributed by atoms with Gasteiger partial charge in [0.1, 0.15) is 0 Å². The molecule has 0 aliphatic carbocycles. The first-order valence-corrected chi connectivity index (χ1v) is 5.78. The van der Waals surface area contributed by atoms with E-state index in [0.717, 1.165) is 19.5 Å². The number of hydrazine groups is 1. The molecule has 0 bridgehead atoms. The van der Waals surface area contributed by atoms with Crippen LogP contribution in [-0.4, -0.2) is 41.7 Å². The number of carbonyl (C=O) groups excluding carboxylic acids is 1. The topological polar surface area (TPSA) is 78.6 Å². The fourth-order valence-electron chi connectivity index (χ4n) is 2.23. The molecule has 1 amide bonds. The third-order valence-corrected chi connectivity index (χ3v) is 3.36. The molecule has 94 valence electrons. The van der Waals surface area contributed by atoms with E-state index >= 15 is 0 Å². The van der Waals surface area contributed by atoms with Crippen LogP contribution < -0.4 is 11.3 Å². The van der Waals surface area contributed by atoms with Crippen LogP contribution in [0.25, 0.3) is 0 Å². The Kier molecular flexibility index (Phi) is 4.29. The van der Waals surface area contributed by atoms with E-state index in [2.05, 4.69) is 10.3 Å². The highest BCUT2D eigenvalue weighted by Gasteiger charge is 2.33. The van der Waals surface area contributed by atoms with Crippen molar-refractivity contribution in [3.8, 4) is 0 Å². The van der Waals surface area contributed by atoms with Crippen molar-refractivity contribution in [2.75, 3.05) is 19.6 Å². The lowest BCUT2D eigenvalue weighted by Crippen LogP contribution is -2.47. The summed E-state index contributed by atoms with van der Waals surface area (Å²) in [5, 5.41) is 9.50. The average molecular weight is 229 g/mol. The van der Waals surface area contributed by atoms with Crippen molar-refractivity contribution in [2.45, 2.75) is 33.3 Å². The van der Waals surface area contributed by atoms with Gasteiger partial charge in [0.15, 0.2) is 0 Å². The number of likely N-dealkylation sites (tertiary alicyclic amines) is 1. The molecule has 0 aromatic heterocycles. The molecule has 1 saturated heterocycles. The van der Waals surface area contributed by atoms with Gasteiger partial charge in [-0.05, 0) is 39.7 Å². The summed E-state index contributed by atoms with van der Waals surface area (Å²) < 4.78 is 0. The van der Waals surface area contributed by atoms with Crippen molar-refractivity contribution in [1.29, 1.82) is 0 Å². The Bertz CT molecular complexity index is 254. The number of nitrogens with zero attached hydrogens (tertiary/aromatic N) is 1. The molecule has 1 aliphatic rings. The van der Waals surface area contributed by atoms with Crippen LogP contribution in [0, 0.1) is 11.3 Å². The summed E-state index contributed by atoms with van der Waals surface area (Å²) >= 11 is 0. The van der Waals surface area contributed by atoms with E-state index in [1.807, 2.05) is 20.8 Å². The third kappa shape index (κ3) is 3.17. The van der Waals surface area contributed by atoms with Gasteiger partial charge in [-0.2, -0.15) is 0 Å². The Labute approximate surface area is 97.0 Å². The first-order chi connectivity index (χ1) is 7.36. The average Bonchev–Trinajstić information content (AvgIpc) is 2.64. The molecule has 5 nitrogen and oxygen atoms in total. The van der Waals surface area contributed by atoms with E-state index in [4.69, 9.17) is 5.84 Å². The molecule has 0 aromatic carbocycles. The maximum Gasteiger partial charge on any atom is 0.240 e. The fourth-order valence-corrected chi connectivity index (χ4v) is 2.23. The highest BCUT2D eigenvalue weighted by atomic mass is 16.3. The molecule has 4 N–H and O–H groups in total. The standard InChI is InChI=1S/C11H23N3O2/c1-8(15)9-4-5-14(6-9)7-11(2,3)10(16)13-12/h8-9,15H,4-7,12H2,1-3H3,(H,13,16). The number of aliphatic hydroxyl groups excluding tert-OH is 1. The zero-order valence-electron chi connectivity index (χ0n) is 10.4. The molecule has 1 rings (SSSR count). The van der Waals surface area contributed by atoms with Crippen LogP contribution in [0.5, 0.6) is 0 Å². The summed E-state index contributed by atoms with van der Waals surface area (Å²) in [5.41, 5.74) is 1.71. The molecule has 0 saturated carbocycles. The smallest absolute Gasteiger partial charge is 0.240 e. The molecule has 0 aromatic rings. The van der Waals surface area contributed by atoms with Crippen LogP contribution in [0.15, 0.2) is 0 Å². The van der Waals surface area contributed by atoms with Gasteiger partial charge in [0, 0.05) is 13.1 Å². The van der Waals surface area contributed by atoms with E-state index in [0.29, 0.717) is 12.5 Å². The van der Waals surface area contributed by atoms with Gasteiger partial charge in [-0.1, -0.05) is 0 Å². The Morgan fingerprint density at radius 1 is 1.69 bits per heavy atom. The van der Waals surface area contributed by atoms with Crippen LogP contribution in [-0.2, 0) is 4.79 Å². The van der Waals surface area contributed by atoms with Gasteiger partial charge in [0.05, 0.1) is 11.5 Å². The summed E-state index contributed by atoms with van der Waals surface area (Å²) in [5.74, 6) is 5.33. The van der Waals surface area contributed by atoms with Crippen LogP contribution in [0.3, 0.4) is 0 Å². The number of nitrogens with one attached hydrogen (secondary N) is 1. The van der Waals surface area contributed by atoms with E-state index < -0.39 is 5.41 Å². The SMILES string of the molecule is CC(O)C1CCN(CC(C)(C)C(=O)NN)C1. The molecule has 16 heavy (non-hydrogen) atoms. The lowest BCUT2D eigenvalue weighted by Gasteiger charge is -2.28. The zero-order chi connectivity index (χ0) is 12.3. The number of aliphatic hydroxyl groups is 1. The van der Waals surface area contributed by atoms with Crippen molar-refractivity contribution < 1.29 is 9.90 Å². The van der Waals surface area contributed by atoms with Gasteiger partial charge >= 0.3 is 0 Å². The van der Waals surface area contributed by atoms with Gasteiger partial charge in [-0.25, -0.2) is 5.84 Å². The minimum absolute atomic E-state index is 0.145. The lowest BCUT2D eigenvalue weighted by atomic mass is 9.92. The number of nitrogens with two attached hydrogens (primary N) is 1. The molecule has 0 radical (unpaired) electrons. The fraction of sp³-hybridized carbons (Fsp3) is 0.909. The van der Waals surface area contributed by atoms with Gasteiger partial charge in [-0.15, -0.1) is 0 Å². The second-order valence-corrected chi connectivity index (χ2v) is 5.38. The minimum Gasteiger partial charge on any atom is -0.393 e. The summed E-state index contributed by atoms with van der Waals surface area (Å²) in [6.45, 7) is 8.07. The third-order valence-electron chi connectivity index (χ3n) is 3.36. The minimum atomic E-state index is -0.484. The van der Waals surface area contributed by atoms with Crippen LogP contribution in [0.2, 0.25) is 0 Å². The van der Waals surface area contributed by atoms with Gasteiger partial charge in [-0.3, -0.25) is 10.2 Å². The molecule has 1 heterocycles. The summed E-state index contributed by atoms with van der Waals surface area (Å²) in [6, 6.07) is 0. The molecular weight excluding hydrogens is 206 g/mol. The Morgan fingerprint density at radius 2 is 2.31 bits per heavy atom. The Hall–Kier alpha value is -0.650. The van der Waals surface area contributed by atoms with Crippen LogP contribution in [0.1, 0.15) is 27.2 Å². The monoisotopic (exact) mass is 229 g/mol. The Morgan fingerprint density at radius 3 is 2.75 bits per heavy atom. The van der Waals surface area contributed by atoms with Crippen molar-refractivity contribution in [3.05, 3.63) is 0 Å². The Balaban J connectivity index is 2.47. The highest BCUT2D eigenvalue weighted by molar-refractivity contribution is 5.81. The highest BCUT2D eigenvalue weighted by Crippen LogP contribution is 2.24. The number of rotatable bonds is 4. The lowest BCUT2D eigenvalue weighted by molar-refractivity contribution is -0.130. The number of carbonyl (C=O) groups is 1. The van der Waals surface area contributed by atoms with Crippen LogP contribution in [0.4, 0.5) is 0 Å². The molecule has 5 heteroatoms. The molecule has 1 aliphatic heterocycles. The van der Waals surface area contributed by atoms with Gasteiger partial charge in [0.25, 0.3) is 0 Å².